The highest BCUT2D eigenvalue weighted by atomic mass is 19.1. The van der Waals surface area contributed by atoms with E-state index < -0.39 is 11.8 Å². The van der Waals surface area contributed by atoms with E-state index in [0.29, 0.717) is 11.6 Å². The molecule has 1 aromatic carbocycles. The van der Waals surface area contributed by atoms with Crippen LogP contribution in [0.5, 0.6) is 0 Å². The van der Waals surface area contributed by atoms with E-state index >= 15 is 0 Å². The summed E-state index contributed by atoms with van der Waals surface area (Å²) >= 11 is 0. The molecule has 0 radical (unpaired) electrons. The average Bonchev–Trinajstić information content (AvgIpc) is 2.34. The van der Waals surface area contributed by atoms with E-state index in [4.69, 9.17) is 5.11 Å². The minimum Gasteiger partial charge on any atom is -0.478 e. The Hall–Kier alpha value is -1.58. The summed E-state index contributed by atoms with van der Waals surface area (Å²) in [5.74, 6) is -0.400. The van der Waals surface area contributed by atoms with Gasteiger partial charge >= 0.3 is 5.97 Å². The summed E-state index contributed by atoms with van der Waals surface area (Å²) in [6.45, 7) is 4.42. The van der Waals surface area contributed by atoms with Crippen molar-refractivity contribution in [2.45, 2.75) is 39.2 Å². The van der Waals surface area contributed by atoms with Crippen molar-refractivity contribution >= 4 is 11.7 Å². The number of carbonyl (C=O) groups is 1. The number of carboxylic acid groups (broad SMARTS) is 1. The molecule has 0 bridgehead atoms. The maximum absolute atomic E-state index is 13.1. The van der Waals surface area contributed by atoms with E-state index in [2.05, 4.69) is 19.2 Å². The van der Waals surface area contributed by atoms with Crippen LogP contribution in [0.25, 0.3) is 0 Å². The van der Waals surface area contributed by atoms with Crippen LogP contribution in [0.2, 0.25) is 0 Å². The van der Waals surface area contributed by atoms with Crippen LogP contribution in [-0.4, -0.2) is 17.1 Å². The third kappa shape index (κ3) is 3.25. The molecule has 2 N–H and O–H groups in total. The molecule has 0 amide bonds. The highest BCUT2D eigenvalue weighted by Gasteiger charge is 2.26. The van der Waals surface area contributed by atoms with Crippen molar-refractivity contribution in [3.8, 4) is 0 Å². The van der Waals surface area contributed by atoms with E-state index in [1.54, 1.807) is 0 Å². The quantitative estimate of drug-likeness (QED) is 0.874. The SMILES string of the molecule is CC1CCC(Nc2ccc(F)cc2C(=O)O)C(C)C1. The second-order valence-corrected chi connectivity index (χ2v) is 5.64. The molecule has 0 aliphatic heterocycles. The zero-order valence-electron chi connectivity index (χ0n) is 11.3. The first-order valence-corrected chi connectivity index (χ1v) is 6.76. The van der Waals surface area contributed by atoms with Crippen molar-refractivity contribution in [2.24, 2.45) is 11.8 Å². The predicted octanol–water partition coefficient (Wildman–Crippen LogP) is 3.76. The topological polar surface area (TPSA) is 49.3 Å². The van der Waals surface area contributed by atoms with E-state index in [-0.39, 0.29) is 11.6 Å². The van der Waals surface area contributed by atoms with E-state index in [0.717, 1.165) is 31.2 Å². The summed E-state index contributed by atoms with van der Waals surface area (Å²) in [5.41, 5.74) is 0.520. The molecular weight excluding hydrogens is 245 g/mol. The molecule has 2 rings (SSSR count). The minimum absolute atomic E-state index is 0.00539. The molecular formula is C15H20FNO2. The van der Waals surface area contributed by atoms with Gasteiger partial charge in [-0.1, -0.05) is 13.8 Å². The van der Waals surface area contributed by atoms with Crippen molar-refractivity contribution in [3.05, 3.63) is 29.6 Å². The van der Waals surface area contributed by atoms with Crippen LogP contribution in [0, 0.1) is 17.7 Å². The summed E-state index contributed by atoms with van der Waals surface area (Å²) in [7, 11) is 0. The number of rotatable bonds is 3. The van der Waals surface area contributed by atoms with Crippen LogP contribution in [0.15, 0.2) is 18.2 Å². The number of hydrogen-bond acceptors (Lipinski definition) is 2. The van der Waals surface area contributed by atoms with Crippen molar-refractivity contribution < 1.29 is 14.3 Å². The molecule has 1 aliphatic rings. The van der Waals surface area contributed by atoms with Gasteiger partial charge in [-0.15, -0.1) is 0 Å². The lowest BCUT2D eigenvalue weighted by molar-refractivity contribution is 0.0697. The van der Waals surface area contributed by atoms with Gasteiger partial charge in [0.1, 0.15) is 5.82 Å². The molecule has 104 valence electrons. The van der Waals surface area contributed by atoms with Gasteiger partial charge in [0.05, 0.1) is 5.56 Å². The Morgan fingerprint density at radius 1 is 1.37 bits per heavy atom. The van der Waals surface area contributed by atoms with Crippen molar-refractivity contribution in [1.82, 2.24) is 0 Å². The zero-order valence-corrected chi connectivity index (χ0v) is 11.3. The van der Waals surface area contributed by atoms with Crippen molar-refractivity contribution in [3.63, 3.8) is 0 Å². The zero-order chi connectivity index (χ0) is 14.0. The lowest BCUT2D eigenvalue weighted by atomic mass is 9.80. The van der Waals surface area contributed by atoms with Crippen LogP contribution in [0.4, 0.5) is 10.1 Å². The van der Waals surface area contributed by atoms with Crippen LogP contribution < -0.4 is 5.32 Å². The maximum Gasteiger partial charge on any atom is 0.337 e. The normalized spacial score (nSPS) is 27.0. The second-order valence-electron chi connectivity index (χ2n) is 5.64. The Labute approximate surface area is 112 Å². The smallest absolute Gasteiger partial charge is 0.337 e. The largest absolute Gasteiger partial charge is 0.478 e. The lowest BCUT2D eigenvalue weighted by Gasteiger charge is -2.34. The highest BCUT2D eigenvalue weighted by Crippen LogP contribution is 2.31. The summed E-state index contributed by atoms with van der Waals surface area (Å²) in [5, 5.41) is 12.4. The molecule has 1 saturated carbocycles. The highest BCUT2D eigenvalue weighted by molar-refractivity contribution is 5.94. The molecule has 1 fully saturated rings. The van der Waals surface area contributed by atoms with Gasteiger partial charge in [-0.05, 0) is 49.3 Å². The number of anilines is 1. The molecule has 1 aromatic rings. The number of nitrogens with one attached hydrogen (secondary N) is 1. The number of halogens is 1. The van der Waals surface area contributed by atoms with Crippen LogP contribution in [0.3, 0.4) is 0 Å². The van der Waals surface area contributed by atoms with Gasteiger partial charge in [-0.3, -0.25) is 0 Å². The van der Waals surface area contributed by atoms with Crippen molar-refractivity contribution in [1.29, 1.82) is 0 Å². The summed E-state index contributed by atoms with van der Waals surface area (Å²) in [6, 6.07) is 4.15. The fraction of sp³-hybridized carbons (Fsp3) is 0.533. The molecule has 4 heteroatoms. The molecule has 0 aromatic heterocycles. The monoisotopic (exact) mass is 265 g/mol. The Kier molecular flexibility index (Phi) is 4.08. The minimum atomic E-state index is -1.10. The Morgan fingerprint density at radius 2 is 2.11 bits per heavy atom. The van der Waals surface area contributed by atoms with Gasteiger partial charge < -0.3 is 10.4 Å². The van der Waals surface area contributed by atoms with E-state index in [9.17, 15) is 9.18 Å². The van der Waals surface area contributed by atoms with Gasteiger partial charge in [-0.2, -0.15) is 0 Å². The summed E-state index contributed by atoms with van der Waals surface area (Å²) < 4.78 is 13.1. The van der Waals surface area contributed by atoms with Gasteiger partial charge in [0, 0.05) is 11.7 Å². The third-order valence-corrected chi connectivity index (χ3v) is 3.98. The summed E-state index contributed by atoms with van der Waals surface area (Å²) in [4.78, 5) is 11.1. The Bertz CT molecular complexity index is 475. The standard InChI is InChI=1S/C15H20FNO2/c1-9-3-5-13(10(2)7-9)17-14-6-4-11(16)8-12(14)15(18)19/h4,6,8-10,13,17H,3,5,7H2,1-2H3,(H,18,19). The summed E-state index contributed by atoms with van der Waals surface area (Å²) in [6.07, 6.45) is 3.31. The van der Waals surface area contributed by atoms with Gasteiger partial charge in [0.15, 0.2) is 0 Å². The van der Waals surface area contributed by atoms with Gasteiger partial charge in [-0.25, -0.2) is 9.18 Å². The second kappa shape index (κ2) is 5.59. The predicted molar refractivity (Wildman–Crippen MR) is 72.9 cm³/mol. The number of benzene rings is 1. The van der Waals surface area contributed by atoms with Gasteiger partial charge in [0.2, 0.25) is 0 Å². The van der Waals surface area contributed by atoms with Crippen molar-refractivity contribution in [2.75, 3.05) is 5.32 Å². The Morgan fingerprint density at radius 3 is 2.74 bits per heavy atom. The third-order valence-electron chi connectivity index (χ3n) is 3.98. The van der Waals surface area contributed by atoms with E-state index in [1.807, 2.05) is 0 Å². The first-order valence-electron chi connectivity index (χ1n) is 6.76. The van der Waals surface area contributed by atoms with Crippen LogP contribution in [-0.2, 0) is 0 Å². The van der Waals surface area contributed by atoms with Crippen LogP contribution >= 0.6 is 0 Å². The fourth-order valence-corrected chi connectivity index (χ4v) is 2.90. The first-order chi connectivity index (χ1) is 8.97. The van der Waals surface area contributed by atoms with Crippen LogP contribution in [0.1, 0.15) is 43.5 Å². The fourth-order valence-electron chi connectivity index (χ4n) is 2.90. The maximum atomic E-state index is 13.1. The molecule has 3 unspecified atom stereocenters. The molecule has 19 heavy (non-hydrogen) atoms. The van der Waals surface area contributed by atoms with E-state index in [1.165, 1.54) is 12.1 Å². The molecule has 0 spiro atoms. The first kappa shape index (κ1) is 13.8. The molecule has 0 saturated heterocycles. The molecule has 1 aliphatic carbocycles. The molecule has 3 nitrogen and oxygen atoms in total. The lowest BCUT2D eigenvalue weighted by Crippen LogP contribution is -2.33. The number of carboxylic acids is 1. The Balaban J connectivity index is 2.17. The average molecular weight is 265 g/mol. The number of hydrogen-bond donors (Lipinski definition) is 2. The molecule has 3 atom stereocenters. The number of aromatic carboxylic acids is 1. The van der Waals surface area contributed by atoms with Gasteiger partial charge in [0.25, 0.3) is 0 Å². The molecule has 0 heterocycles.